The van der Waals surface area contributed by atoms with Crippen molar-refractivity contribution in [1.82, 2.24) is 4.90 Å². The summed E-state index contributed by atoms with van der Waals surface area (Å²) in [6.45, 7) is 2.95. The van der Waals surface area contributed by atoms with Crippen molar-refractivity contribution in [2.75, 3.05) is 13.1 Å². The van der Waals surface area contributed by atoms with Crippen molar-refractivity contribution < 1.29 is 19.1 Å². The number of nitrogens with zero attached hydrogens (tertiary/aromatic N) is 1. The lowest BCUT2D eigenvalue weighted by atomic mass is 9.82. The third-order valence-corrected chi connectivity index (χ3v) is 8.04. The van der Waals surface area contributed by atoms with Crippen LogP contribution in [0.1, 0.15) is 82.4 Å². The van der Waals surface area contributed by atoms with Crippen LogP contribution < -0.4 is 4.74 Å². The zero-order chi connectivity index (χ0) is 23.9. The normalized spacial score (nSPS) is 18.8. The van der Waals surface area contributed by atoms with Gasteiger partial charge in [-0.25, -0.2) is 0 Å². The molecule has 0 bridgehead atoms. The number of fused-ring (bicyclic) bond motifs is 2. The van der Waals surface area contributed by atoms with E-state index >= 15 is 0 Å². The fourth-order valence-electron chi connectivity index (χ4n) is 5.49. The number of hydrogen-bond acceptors (Lipinski definition) is 4. The molecule has 1 aliphatic carbocycles. The van der Waals surface area contributed by atoms with Crippen LogP contribution in [-0.4, -0.2) is 41.1 Å². The molecule has 3 aliphatic rings. The van der Waals surface area contributed by atoms with Gasteiger partial charge in [0.2, 0.25) is 5.91 Å². The van der Waals surface area contributed by atoms with Crippen LogP contribution in [0, 0.1) is 6.92 Å². The summed E-state index contributed by atoms with van der Waals surface area (Å²) in [4.78, 5) is 40.2. The quantitative estimate of drug-likeness (QED) is 0.542. The number of carbonyl (C=O) groups excluding carboxylic acids is 3. The zero-order valence-electron chi connectivity index (χ0n) is 19.6. The van der Waals surface area contributed by atoms with Crippen LogP contribution in [0.5, 0.6) is 5.75 Å². The lowest BCUT2D eigenvalue weighted by molar-refractivity contribution is -0.134. The minimum atomic E-state index is -0.569. The van der Waals surface area contributed by atoms with Gasteiger partial charge in [0.05, 0.1) is 12.0 Å². The highest BCUT2D eigenvalue weighted by Crippen LogP contribution is 2.41. The summed E-state index contributed by atoms with van der Waals surface area (Å²) < 4.78 is 6.32. The molecule has 0 saturated carbocycles. The number of rotatable bonds is 4. The number of likely N-dealkylation sites (tertiary alicyclic amines) is 1. The van der Waals surface area contributed by atoms with E-state index in [1.54, 1.807) is 6.07 Å². The Morgan fingerprint density at radius 1 is 1.03 bits per heavy atom. The summed E-state index contributed by atoms with van der Waals surface area (Å²) in [7, 11) is 0. The molecule has 0 atom stereocenters. The molecule has 1 fully saturated rings. The molecule has 5 nitrogen and oxygen atoms in total. The van der Waals surface area contributed by atoms with Gasteiger partial charge in [-0.2, -0.15) is 0 Å². The van der Waals surface area contributed by atoms with Crippen molar-refractivity contribution >= 4 is 29.1 Å². The van der Waals surface area contributed by atoms with Crippen LogP contribution in [0.15, 0.2) is 30.3 Å². The van der Waals surface area contributed by atoms with E-state index in [1.807, 2.05) is 30.0 Å². The van der Waals surface area contributed by atoms with E-state index in [-0.39, 0.29) is 30.3 Å². The first-order valence-electron chi connectivity index (χ1n) is 12.3. The van der Waals surface area contributed by atoms with Crippen LogP contribution in [0.3, 0.4) is 0 Å². The van der Waals surface area contributed by atoms with E-state index in [4.69, 9.17) is 16.3 Å². The number of piperidine rings is 1. The summed E-state index contributed by atoms with van der Waals surface area (Å²) in [6, 6.07) is 9.54. The lowest BCUT2D eigenvalue weighted by Gasteiger charge is -2.44. The predicted molar refractivity (Wildman–Crippen MR) is 131 cm³/mol. The van der Waals surface area contributed by atoms with Crippen molar-refractivity contribution in [3.05, 3.63) is 63.2 Å². The first-order valence-corrected chi connectivity index (χ1v) is 12.7. The second-order valence-electron chi connectivity index (χ2n) is 9.98. The molecule has 0 radical (unpaired) electrons. The Morgan fingerprint density at radius 2 is 1.76 bits per heavy atom. The standard InChI is InChI=1S/C28H30ClNO4/c1-18-14-26-22(16-23(18)29)25(32)17-28(34-26)10-12-30(13-11-28)27(33)9-8-24(31)21-7-6-19-4-2-3-5-20(19)15-21/h6-7,14-16H,2-5,8-13,17H2,1H3. The van der Waals surface area contributed by atoms with Gasteiger partial charge >= 0.3 is 0 Å². The van der Waals surface area contributed by atoms with Crippen molar-refractivity contribution in [2.45, 2.75) is 70.3 Å². The first kappa shape index (κ1) is 23.1. The predicted octanol–water partition coefficient (Wildman–Crippen LogP) is 5.52. The molecule has 6 heteroatoms. The lowest BCUT2D eigenvalue weighted by Crippen LogP contribution is -2.52. The van der Waals surface area contributed by atoms with Gasteiger partial charge in [0.25, 0.3) is 0 Å². The minimum absolute atomic E-state index is 0.00803. The van der Waals surface area contributed by atoms with Gasteiger partial charge in [-0.05, 0) is 67.5 Å². The molecule has 5 rings (SSSR count). The number of Topliss-reactive ketones (excluding diaryl/α,β-unsaturated/α-hetero) is 2. The SMILES string of the molecule is Cc1cc2c(cc1Cl)C(=O)CC1(CCN(C(=O)CCC(=O)c3ccc4c(c3)CCCC4)CC1)O2. The average Bonchev–Trinajstić information content (AvgIpc) is 2.84. The van der Waals surface area contributed by atoms with Gasteiger partial charge in [-0.1, -0.05) is 23.7 Å². The molecule has 34 heavy (non-hydrogen) atoms. The topological polar surface area (TPSA) is 63.7 Å². The Bertz CT molecular complexity index is 1160. The Kier molecular flexibility index (Phi) is 6.24. The highest BCUT2D eigenvalue weighted by Gasteiger charge is 2.43. The number of hydrogen-bond donors (Lipinski definition) is 0. The van der Waals surface area contributed by atoms with Crippen LogP contribution in [-0.2, 0) is 17.6 Å². The van der Waals surface area contributed by atoms with Crippen molar-refractivity contribution in [3.8, 4) is 5.75 Å². The van der Waals surface area contributed by atoms with Crippen molar-refractivity contribution in [3.63, 3.8) is 0 Å². The van der Waals surface area contributed by atoms with Gasteiger partial charge in [0.15, 0.2) is 11.6 Å². The van der Waals surface area contributed by atoms with Gasteiger partial charge in [-0.15, -0.1) is 0 Å². The molecule has 0 N–H and O–H groups in total. The summed E-state index contributed by atoms with van der Waals surface area (Å²) in [5.41, 5.74) is 4.20. The molecule has 1 saturated heterocycles. The highest BCUT2D eigenvalue weighted by molar-refractivity contribution is 6.31. The highest BCUT2D eigenvalue weighted by atomic mass is 35.5. The maximum atomic E-state index is 12.8. The second-order valence-corrected chi connectivity index (χ2v) is 10.4. The molecule has 2 aromatic rings. The Labute approximate surface area is 205 Å². The zero-order valence-corrected chi connectivity index (χ0v) is 20.4. The number of benzene rings is 2. The summed E-state index contributed by atoms with van der Waals surface area (Å²) in [6.07, 6.45) is 6.46. The molecule has 2 aromatic carbocycles. The van der Waals surface area contributed by atoms with Crippen LogP contribution in [0.25, 0.3) is 0 Å². The van der Waals surface area contributed by atoms with Gasteiger partial charge in [0.1, 0.15) is 11.4 Å². The molecule has 0 aromatic heterocycles. The third-order valence-electron chi connectivity index (χ3n) is 7.63. The minimum Gasteiger partial charge on any atom is -0.486 e. The van der Waals surface area contributed by atoms with Gasteiger partial charge in [0, 0.05) is 49.4 Å². The average molecular weight is 480 g/mol. The maximum Gasteiger partial charge on any atom is 0.223 e. The second kappa shape index (κ2) is 9.18. The van der Waals surface area contributed by atoms with Crippen LogP contribution in [0.2, 0.25) is 5.02 Å². The third kappa shape index (κ3) is 4.50. The van der Waals surface area contributed by atoms with Crippen molar-refractivity contribution in [1.29, 1.82) is 0 Å². The van der Waals surface area contributed by atoms with E-state index in [0.29, 0.717) is 54.3 Å². The largest absolute Gasteiger partial charge is 0.486 e. The van der Waals surface area contributed by atoms with E-state index in [1.165, 1.54) is 24.0 Å². The molecule has 2 heterocycles. The molecule has 1 amide bonds. The fourth-order valence-corrected chi connectivity index (χ4v) is 5.65. The van der Waals surface area contributed by atoms with Crippen LogP contribution in [0.4, 0.5) is 0 Å². The van der Waals surface area contributed by atoms with Crippen LogP contribution >= 0.6 is 11.6 Å². The number of ketones is 2. The fraction of sp³-hybridized carbons (Fsp3) is 0.464. The number of halogens is 1. The number of carbonyl (C=O) groups is 3. The molecular formula is C28H30ClNO4. The van der Waals surface area contributed by atoms with Gasteiger partial charge in [-0.3, -0.25) is 14.4 Å². The molecule has 0 unspecified atom stereocenters. The smallest absolute Gasteiger partial charge is 0.223 e. The Hall–Kier alpha value is -2.66. The Balaban J connectivity index is 1.17. The molecule has 178 valence electrons. The van der Waals surface area contributed by atoms with E-state index in [2.05, 4.69) is 6.07 Å². The van der Waals surface area contributed by atoms with Gasteiger partial charge < -0.3 is 9.64 Å². The number of ether oxygens (including phenoxy) is 1. The Morgan fingerprint density at radius 3 is 2.53 bits per heavy atom. The van der Waals surface area contributed by atoms with E-state index < -0.39 is 5.60 Å². The first-order chi connectivity index (χ1) is 16.3. The molecular weight excluding hydrogens is 450 g/mol. The van der Waals surface area contributed by atoms with E-state index in [0.717, 1.165) is 18.4 Å². The van der Waals surface area contributed by atoms with Crippen molar-refractivity contribution in [2.24, 2.45) is 0 Å². The maximum absolute atomic E-state index is 12.8. The molecule has 1 spiro atoms. The molecule has 2 aliphatic heterocycles. The van der Waals surface area contributed by atoms with E-state index in [9.17, 15) is 14.4 Å². The summed E-state index contributed by atoms with van der Waals surface area (Å²) >= 11 is 6.19. The number of amides is 1. The number of aryl methyl sites for hydroxylation is 3. The monoisotopic (exact) mass is 479 g/mol. The summed E-state index contributed by atoms with van der Waals surface area (Å²) in [5, 5.41) is 0.567. The summed E-state index contributed by atoms with van der Waals surface area (Å²) in [5.74, 6) is 0.653.